The van der Waals surface area contributed by atoms with Gasteiger partial charge < -0.3 is 0 Å². The Morgan fingerprint density at radius 2 is 1.27 bits per heavy atom. The topological polar surface area (TPSA) is 0 Å². The lowest BCUT2D eigenvalue weighted by molar-refractivity contribution is -0.129. The zero-order valence-electron chi connectivity index (χ0n) is 21.4. The molecule has 5 aliphatic rings. The van der Waals surface area contributed by atoms with Gasteiger partial charge >= 0.3 is 0 Å². The summed E-state index contributed by atoms with van der Waals surface area (Å²) in [5.41, 5.74) is 4.68. The lowest BCUT2D eigenvalue weighted by Crippen LogP contribution is -2.54. The first-order valence-corrected chi connectivity index (χ1v) is 13.6. The Hall–Kier alpha value is -0.260. The van der Waals surface area contributed by atoms with Gasteiger partial charge in [-0.25, -0.2) is 0 Å². The number of fused-ring (bicyclic) bond motifs is 6. The Morgan fingerprint density at radius 3 is 1.97 bits per heavy atom. The van der Waals surface area contributed by atoms with E-state index in [1.54, 1.807) is 0 Å². The molecular formula is C30H50. The Bertz CT molecular complexity index is 724. The van der Waals surface area contributed by atoms with Gasteiger partial charge in [0, 0.05) is 0 Å². The van der Waals surface area contributed by atoms with Gasteiger partial charge in [0.2, 0.25) is 0 Å². The molecule has 4 fully saturated rings. The first-order valence-electron chi connectivity index (χ1n) is 13.6. The van der Waals surface area contributed by atoms with Crippen LogP contribution in [0.15, 0.2) is 11.6 Å². The maximum Gasteiger partial charge on any atom is -0.0146 e. The molecule has 0 spiro atoms. The van der Waals surface area contributed by atoms with Crippen molar-refractivity contribution in [2.45, 2.75) is 126 Å². The van der Waals surface area contributed by atoms with Crippen molar-refractivity contribution >= 4 is 0 Å². The van der Waals surface area contributed by atoms with Crippen LogP contribution >= 0.6 is 0 Å². The molecule has 4 saturated carbocycles. The zero-order valence-corrected chi connectivity index (χ0v) is 21.4. The van der Waals surface area contributed by atoms with Crippen LogP contribution in [0.2, 0.25) is 0 Å². The average molecular weight is 411 g/mol. The second-order valence-corrected chi connectivity index (χ2v) is 14.9. The minimum atomic E-state index is 0.530. The Balaban J connectivity index is 1.51. The van der Waals surface area contributed by atoms with Gasteiger partial charge in [-0.3, -0.25) is 0 Å². The fourth-order valence-corrected chi connectivity index (χ4v) is 11.2. The molecule has 0 aromatic heterocycles. The molecule has 0 nitrogen and oxygen atoms in total. The van der Waals surface area contributed by atoms with Crippen LogP contribution in [-0.2, 0) is 0 Å². The van der Waals surface area contributed by atoms with Crippen molar-refractivity contribution in [3.63, 3.8) is 0 Å². The van der Waals surface area contributed by atoms with Crippen LogP contribution in [0.4, 0.5) is 0 Å². The summed E-state index contributed by atoms with van der Waals surface area (Å²) in [6.45, 7) is 18.6. The van der Waals surface area contributed by atoms with Gasteiger partial charge in [0.1, 0.15) is 0 Å². The quantitative estimate of drug-likeness (QED) is 0.349. The molecule has 5 aliphatic carbocycles. The predicted molar refractivity (Wildman–Crippen MR) is 129 cm³/mol. The monoisotopic (exact) mass is 410 g/mol. The largest absolute Gasteiger partial charge is 0.0847 e. The summed E-state index contributed by atoms with van der Waals surface area (Å²) in [6, 6.07) is 0. The van der Waals surface area contributed by atoms with Crippen molar-refractivity contribution in [3.8, 4) is 0 Å². The van der Waals surface area contributed by atoms with Crippen LogP contribution in [0, 0.1) is 50.7 Å². The van der Waals surface area contributed by atoms with E-state index in [1.807, 2.05) is 5.57 Å². The summed E-state index contributed by atoms with van der Waals surface area (Å²) < 4.78 is 0. The molecule has 0 bridgehead atoms. The molecule has 0 heterocycles. The Kier molecular flexibility index (Phi) is 4.77. The van der Waals surface area contributed by atoms with Gasteiger partial charge in [0.25, 0.3) is 0 Å². The highest BCUT2D eigenvalue weighted by molar-refractivity contribution is 5.24. The van der Waals surface area contributed by atoms with Crippen molar-refractivity contribution in [3.05, 3.63) is 11.6 Å². The van der Waals surface area contributed by atoms with Gasteiger partial charge in [0.15, 0.2) is 0 Å². The fraction of sp³-hybridized carbons (Fsp3) is 0.933. The molecule has 0 radical (unpaired) electrons. The SMILES string of the molecule is CC1(C)CCCC2(C)C3CCC4C(C)(CCC5C(C)(C)CCCC54C)CC3=CCC12. The standard InChI is InChI=1S/C30H50/c1-26(2)15-8-17-29(6)22-11-13-25-28(5,20-21(22)10-12-23(26)29)19-14-24-27(3,4)16-9-18-30(24,25)7/h10,22-25H,8-9,11-20H2,1-7H3. The van der Waals surface area contributed by atoms with Gasteiger partial charge in [-0.05, 0) is 115 Å². The van der Waals surface area contributed by atoms with Crippen LogP contribution in [0.3, 0.4) is 0 Å². The Morgan fingerprint density at radius 1 is 0.633 bits per heavy atom. The second kappa shape index (κ2) is 6.63. The van der Waals surface area contributed by atoms with E-state index in [4.69, 9.17) is 0 Å². The third kappa shape index (κ3) is 2.90. The van der Waals surface area contributed by atoms with Crippen LogP contribution in [0.25, 0.3) is 0 Å². The van der Waals surface area contributed by atoms with Crippen molar-refractivity contribution in [2.75, 3.05) is 0 Å². The predicted octanol–water partition coefficient (Wildman–Crippen LogP) is 9.20. The highest BCUT2D eigenvalue weighted by atomic mass is 14.7. The van der Waals surface area contributed by atoms with Crippen molar-refractivity contribution in [1.82, 2.24) is 0 Å². The van der Waals surface area contributed by atoms with E-state index in [9.17, 15) is 0 Å². The summed E-state index contributed by atoms with van der Waals surface area (Å²) >= 11 is 0. The van der Waals surface area contributed by atoms with Gasteiger partial charge in [-0.1, -0.05) is 73.0 Å². The second-order valence-electron chi connectivity index (χ2n) is 14.9. The molecule has 7 unspecified atom stereocenters. The maximum absolute atomic E-state index is 2.79. The van der Waals surface area contributed by atoms with E-state index in [-0.39, 0.29) is 0 Å². The van der Waals surface area contributed by atoms with E-state index in [1.165, 1.54) is 77.0 Å². The van der Waals surface area contributed by atoms with Crippen LogP contribution < -0.4 is 0 Å². The molecule has 0 heteroatoms. The van der Waals surface area contributed by atoms with Crippen LogP contribution in [0.1, 0.15) is 126 Å². The van der Waals surface area contributed by atoms with E-state index in [2.05, 4.69) is 54.5 Å². The smallest absolute Gasteiger partial charge is 0.0146 e. The Labute approximate surface area is 188 Å². The first kappa shape index (κ1) is 21.6. The summed E-state index contributed by atoms with van der Waals surface area (Å²) in [5, 5.41) is 0. The molecule has 7 atom stereocenters. The minimum Gasteiger partial charge on any atom is -0.0847 e. The molecule has 5 rings (SSSR count). The first-order chi connectivity index (χ1) is 13.9. The van der Waals surface area contributed by atoms with Crippen molar-refractivity contribution in [2.24, 2.45) is 50.7 Å². The minimum absolute atomic E-state index is 0.530. The van der Waals surface area contributed by atoms with Crippen LogP contribution in [0.5, 0.6) is 0 Å². The number of rotatable bonds is 0. The number of hydrogen-bond acceptors (Lipinski definition) is 0. The normalized spacial score (nSPS) is 52.0. The molecule has 0 aromatic carbocycles. The lowest BCUT2D eigenvalue weighted by atomic mass is 9.42. The molecular weight excluding hydrogens is 360 g/mol. The van der Waals surface area contributed by atoms with Crippen LogP contribution in [-0.4, -0.2) is 0 Å². The molecule has 0 N–H and O–H groups in total. The van der Waals surface area contributed by atoms with E-state index in [0.717, 1.165) is 23.7 Å². The maximum atomic E-state index is 2.79. The van der Waals surface area contributed by atoms with E-state index < -0.39 is 0 Å². The highest BCUT2D eigenvalue weighted by Gasteiger charge is 2.61. The van der Waals surface area contributed by atoms with Gasteiger partial charge in [0.05, 0.1) is 0 Å². The third-order valence-corrected chi connectivity index (χ3v) is 12.4. The number of allylic oxidation sites excluding steroid dienone is 2. The lowest BCUT2D eigenvalue weighted by Gasteiger charge is -2.62. The van der Waals surface area contributed by atoms with Crippen molar-refractivity contribution in [1.29, 1.82) is 0 Å². The summed E-state index contributed by atoms with van der Waals surface area (Å²) in [7, 11) is 0. The molecule has 0 aromatic rings. The fourth-order valence-electron chi connectivity index (χ4n) is 11.2. The van der Waals surface area contributed by atoms with E-state index >= 15 is 0 Å². The molecule has 0 amide bonds. The van der Waals surface area contributed by atoms with Crippen molar-refractivity contribution < 1.29 is 0 Å². The van der Waals surface area contributed by atoms with Gasteiger partial charge in [-0.15, -0.1) is 0 Å². The van der Waals surface area contributed by atoms with Gasteiger partial charge in [-0.2, -0.15) is 0 Å². The number of hydrogen-bond donors (Lipinski definition) is 0. The summed E-state index contributed by atoms with van der Waals surface area (Å²) in [6.07, 6.45) is 20.3. The molecule has 30 heavy (non-hydrogen) atoms. The zero-order chi connectivity index (χ0) is 21.6. The third-order valence-electron chi connectivity index (χ3n) is 12.4. The average Bonchev–Trinajstić information content (AvgIpc) is 2.77. The molecule has 170 valence electrons. The highest BCUT2D eigenvalue weighted by Crippen LogP contribution is 2.70. The van der Waals surface area contributed by atoms with E-state index in [0.29, 0.717) is 27.1 Å². The molecule has 0 aliphatic heterocycles. The summed E-state index contributed by atoms with van der Waals surface area (Å²) in [5.74, 6) is 3.66. The molecule has 0 saturated heterocycles. The summed E-state index contributed by atoms with van der Waals surface area (Å²) in [4.78, 5) is 0.